The molecule has 0 aliphatic carbocycles. The van der Waals surface area contributed by atoms with E-state index in [-0.39, 0.29) is 11.5 Å². The lowest BCUT2D eigenvalue weighted by Crippen LogP contribution is -1.97. The van der Waals surface area contributed by atoms with Gasteiger partial charge >= 0.3 is 0 Å². The van der Waals surface area contributed by atoms with Crippen molar-refractivity contribution in [3.63, 3.8) is 0 Å². The molecule has 5 nitrogen and oxygen atoms in total. The fourth-order valence-electron chi connectivity index (χ4n) is 2.10. The maximum absolute atomic E-state index is 10.0. The highest BCUT2D eigenvalue weighted by atomic mass is 16.5. The van der Waals surface area contributed by atoms with Crippen LogP contribution in [0.5, 0.6) is 11.5 Å². The number of hydrogen-bond acceptors (Lipinski definition) is 5. The van der Waals surface area contributed by atoms with Crippen molar-refractivity contribution in [1.82, 2.24) is 0 Å². The van der Waals surface area contributed by atoms with Crippen LogP contribution >= 0.6 is 0 Å². The van der Waals surface area contributed by atoms with Gasteiger partial charge in [-0.3, -0.25) is 0 Å². The summed E-state index contributed by atoms with van der Waals surface area (Å²) in [6.45, 7) is 3.42. The summed E-state index contributed by atoms with van der Waals surface area (Å²) in [6, 6.07) is 9.92. The molecule has 5 heteroatoms. The van der Waals surface area contributed by atoms with E-state index in [1.807, 2.05) is 0 Å². The van der Waals surface area contributed by atoms with Crippen LogP contribution in [0, 0.1) is 0 Å². The van der Waals surface area contributed by atoms with Crippen LogP contribution in [0.3, 0.4) is 0 Å². The lowest BCUT2D eigenvalue weighted by atomic mass is 10.1. The van der Waals surface area contributed by atoms with Crippen molar-refractivity contribution in [2.75, 3.05) is 11.5 Å². The van der Waals surface area contributed by atoms with Gasteiger partial charge in [0, 0.05) is 11.4 Å². The van der Waals surface area contributed by atoms with E-state index in [0.717, 1.165) is 0 Å². The highest BCUT2D eigenvalue weighted by Gasteiger charge is 2.13. The third kappa shape index (κ3) is 3.58. The minimum absolute atomic E-state index is 0.0551. The summed E-state index contributed by atoms with van der Waals surface area (Å²) in [4.78, 5) is 0. The molecular weight excluding hydrogens is 292 g/mol. The number of ether oxygens (including phenoxy) is 1. The molecule has 0 fully saturated rings. The number of aliphatic hydroxyl groups excluding tert-OH is 2. The minimum Gasteiger partial charge on any atom is -0.508 e. The van der Waals surface area contributed by atoms with Gasteiger partial charge < -0.3 is 26.4 Å². The smallest absolute Gasteiger partial charge is 0.138 e. The second-order valence-electron chi connectivity index (χ2n) is 4.96. The van der Waals surface area contributed by atoms with E-state index in [4.69, 9.17) is 16.2 Å². The van der Waals surface area contributed by atoms with Gasteiger partial charge in [-0.15, -0.1) is 0 Å². The van der Waals surface area contributed by atoms with Gasteiger partial charge in [0.15, 0.2) is 0 Å². The van der Waals surface area contributed by atoms with Crippen LogP contribution in [0.15, 0.2) is 48.6 Å². The second-order valence-corrected chi connectivity index (χ2v) is 4.96. The first kappa shape index (κ1) is 16.3. The van der Waals surface area contributed by atoms with E-state index in [1.165, 1.54) is 0 Å². The molecule has 120 valence electrons. The average molecular weight is 312 g/mol. The van der Waals surface area contributed by atoms with Crippen LogP contribution < -0.4 is 16.2 Å². The van der Waals surface area contributed by atoms with E-state index >= 15 is 0 Å². The van der Waals surface area contributed by atoms with Crippen molar-refractivity contribution in [3.05, 3.63) is 59.7 Å². The molecule has 0 saturated carbocycles. The highest BCUT2D eigenvalue weighted by Crippen LogP contribution is 2.35. The highest BCUT2D eigenvalue weighted by molar-refractivity contribution is 5.71. The standard InChI is InChI=1S/C18H20N2O3/c1-3-15(21)13-9-11(19)5-7-17(13)23-18-8-6-12(20)10-14(18)16(22)4-2/h3-10,21-22H,19-20H2,1-2H3/b15-3+,16-4+. The Bertz CT molecular complexity index is 714. The topological polar surface area (TPSA) is 102 Å². The quantitative estimate of drug-likeness (QED) is 0.492. The van der Waals surface area contributed by atoms with E-state index in [2.05, 4.69) is 0 Å². The Morgan fingerprint density at radius 3 is 1.57 bits per heavy atom. The maximum atomic E-state index is 10.0. The summed E-state index contributed by atoms with van der Waals surface area (Å²) >= 11 is 0. The molecule has 2 rings (SSSR count). The molecule has 0 radical (unpaired) electrons. The number of allylic oxidation sites excluding steroid dienone is 2. The number of nitrogen functional groups attached to an aromatic ring is 2. The third-order valence-corrected chi connectivity index (χ3v) is 3.33. The summed E-state index contributed by atoms with van der Waals surface area (Å²) in [5.41, 5.74) is 13.5. The van der Waals surface area contributed by atoms with Crippen molar-refractivity contribution in [1.29, 1.82) is 0 Å². The first-order valence-electron chi connectivity index (χ1n) is 7.14. The average Bonchev–Trinajstić information content (AvgIpc) is 2.56. The molecule has 0 bridgehead atoms. The molecule has 0 unspecified atom stereocenters. The normalized spacial score (nSPS) is 12.3. The zero-order valence-corrected chi connectivity index (χ0v) is 13.1. The SMILES string of the molecule is C/C=C(/O)c1cc(N)ccc1Oc1ccc(N)cc1/C(O)=C\C. The lowest BCUT2D eigenvalue weighted by Gasteiger charge is -2.15. The summed E-state index contributed by atoms with van der Waals surface area (Å²) < 4.78 is 5.88. The molecule has 0 atom stereocenters. The van der Waals surface area contributed by atoms with Crippen molar-refractivity contribution in [2.24, 2.45) is 0 Å². The monoisotopic (exact) mass is 312 g/mol. The fourth-order valence-corrected chi connectivity index (χ4v) is 2.10. The third-order valence-electron chi connectivity index (χ3n) is 3.33. The fraction of sp³-hybridized carbons (Fsp3) is 0.111. The first-order valence-corrected chi connectivity index (χ1v) is 7.14. The number of hydrogen-bond donors (Lipinski definition) is 4. The Balaban J connectivity index is 2.52. The Morgan fingerprint density at radius 1 is 0.826 bits per heavy atom. The zero-order chi connectivity index (χ0) is 17.0. The largest absolute Gasteiger partial charge is 0.508 e. The van der Waals surface area contributed by atoms with Crippen molar-refractivity contribution >= 4 is 22.9 Å². The Labute approximate surface area is 135 Å². The molecule has 0 amide bonds. The molecule has 2 aromatic carbocycles. The van der Waals surface area contributed by atoms with Crippen LogP contribution in [0.2, 0.25) is 0 Å². The van der Waals surface area contributed by atoms with Crippen LogP contribution in [0.25, 0.3) is 11.5 Å². The van der Waals surface area contributed by atoms with Crippen LogP contribution in [0.1, 0.15) is 25.0 Å². The lowest BCUT2D eigenvalue weighted by molar-refractivity contribution is 0.457. The molecule has 2 aromatic rings. The van der Waals surface area contributed by atoms with Crippen molar-refractivity contribution in [2.45, 2.75) is 13.8 Å². The second kappa shape index (κ2) is 6.79. The van der Waals surface area contributed by atoms with E-state index in [0.29, 0.717) is 34.0 Å². The van der Waals surface area contributed by atoms with Gasteiger partial charge in [0.2, 0.25) is 0 Å². The van der Waals surface area contributed by atoms with Gasteiger partial charge in [0.1, 0.15) is 23.0 Å². The molecule has 0 spiro atoms. The van der Waals surface area contributed by atoms with Crippen molar-refractivity contribution < 1.29 is 14.9 Å². The maximum Gasteiger partial charge on any atom is 0.138 e. The Hall–Kier alpha value is -3.08. The number of rotatable bonds is 4. The van der Waals surface area contributed by atoms with Crippen molar-refractivity contribution in [3.8, 4) is 11.5 Å². The van der Waals surface area contributed by atoms with E-state index in [9.17, 15) is 10.2 Å². The summed E-state index contributed by atoms with van der Waals surface area (Å²) in [5.74, 6) is 0.952. The van der Waals surface area contributed by atoms with E-state index < -0.39 is 0 Å². The molecule has 0 aliphatic heterocycles. The van der Waals surface area contributed by atoms with Gasteiger partial charge in [0.25, 0.3) is 0 Å². The number of nitrogens with two attached hydrogens (primary N) is 2. The Morgan fingerprint density at radius 2 is 1.22 bits per heavy atom. The van der Waals surface area contributed by atoms with Crippen LogP contribution in [-0.2, 0) is 0 Å². The Kier molecular flexibility index (Phi) is 4.81. The zero-order valence-electron chi connectivity index (χ0n) is 13.1. The van der Waals surface area contributed by atoms with Crippen LogP contribution in [0.4, 0.5) is 11.4 Å². The predicted octanol–water partition coefficient (Wildman–Crippen LogP) is 4.48. The number of aliphatic hydroxyl groups is 2. The molecule has 0 saturated heterocycles. The van der Waals surface area contributed by atoms with Gasteiger partial charge in [-0.2, -0.15) is 0 Å². The summed E-state index contributed by atoms with van der Waals surface area (Å²) in [6.07, 6.45) is 3.10. The summed E-state index contributed by atoms with van der Waals surface area (Å²) in [7, 11) is 0. The van der Waals surface area contributed by atoms with Gasteiger partial charge in [0.05, 0.1) is 11.1 Å². The van der Waals surface area contributed by atoms with Gasteiger partial charge in [-0.1, -0.05) is 0 Å². The number of benzene rings is 2. The molecule has 0 heterocycles. The predicted molar refractivity (Wildman–Crippen MR) is 94.3 cm³/mol. The van der Waals surface area contributed by atoms with Gasteiger partial charge in [-0.25, -0.2) is 0 Å². The molecule has 0 aliphatic rings. The first-order chi connectivity index (χ1) is 11.0. The molecule has 0 aromatic heterocycles. The summed E-state index contributed by atoms with van der Waals surface area (Å²) in [5, 5.41) is 20.1. The van der Waals surface area contributed by atoms with Crippen LogP contribution in [-0.4, -0.2) is 10.2 Å². The number of anilines is 2. The molecule has 6 N–H and O–H groups in total. The molecule has 23 heavy (non-hydrogen) atoms. The van der Waals surface area contributed by atoms with E-state index in [1.54, 1.807) is 62.4 Å². The molecular formula is C18H20N2O3. The van der Waals surface area contributed by atoms with Gasteiger partial charge in [-0.05, 0) is 62.4 Å². The minimum atomic E-state index is 0.0551.